The van der Waals surface area contributed by atoms with Crippen LogP contribution in [0.5, 0.6) is 0 Å². The number of hydrogen-bond acceptors (Lipinski definition) is 4. The summed E-state index contributed by atoms with van der Waals surface area (Å²) in [7, 11) is -3.19. The second-order valence-corrected chi connectivity index (χ2v) is 7.66. The molecule has 106 valence electrons. The summed E-state index contributed by atoms with van der Waals surface area (Å²) in [6, 6.07) is 5.55. The molecule has 0 saturated carbocycles. The first kappa shape index (κ1) is 14.2. The van der Waals surface area contributed by atoms with Gasteiger partial charge in [0.1, 0.15) is 0 Å². The summed E-state index contributed by atoms with van der Waals surface area (Å²) in [6.07, 6.45) is 3.54. The first-order valence-corrected chi connectivity index (χ1v) is 8.56. The molecule has 2 N–H and O–H groups in total. The van der Waals surface area contributed by atoms with Gasteiger partial charge in [-0.15, -0.1) is 0 Å². The molecular formula is C14H22N2O2S. The highest BCUT2D eigenvalue weighted by Crippen LogP contribution is 2.34. The normalized spacial score (nSPS) is 20.2. The number of rotatable bonds is 3. The molecule has 2 rings (SSSR count). The lowest BCUT2D eigenvalue weighted by molar-refractivity contribution is 0.492. The molecule has 0 radical (unpaired) electrons. The van der Waals surface area contributed by atoms with Gasteiger partial charge in [-0.1, -0.05) is 13.8 Å². The molecule has 1 atom stereocenters. The fourth-order valence-electron chi connectivity index (χ4n) is 2.81. The van der Waals surface area contributed by atoms with E-state index in [0.717, 1.165) is 18.7 Å². The lowest BCUT2D eigenvalue weighted by atomic mass is 10.0. The van der Waals surface area contributed by atoms with Crippen LogP contribution < -0.4 is 10.6 Å². The molecule has 1 heterocycles. The highest BCUT2D eigenvalue weighted by Gasteiger charge is 2.28. The van der Waals surface area contributed by atoms with Crippen LogP contribution in [0.3, 0.4) is 0 Å². The lowest BCUT2D eigenvalue weighted by Crippen LogP contribution is -2.33. The second kappa shape index (κ2) is 5.04. The minimum atomic E-state index is -3.19. The van der Waals surface area contributed by atoms with Crippen molar-refractivity contribution in [3.63, 3.8) is 0 Å². The molecule has 5 heteroatoms. The molecule has 1 fully saturated rings. The van der Waals surface area contributed by atoms with Gasteiger partial charge in [0.25, 0.3) is 0 Å². The fourth-order valence-corrected chi connectivity index (χ4v) is 3.47. The van der Waals surface area contributed by atoms with Gasteiger partial charge in [0.2, 0.25) is 0 Å². The van der Waals surface area contributed by atoms with Gasteiger partial charge in [-0.05, 0) is 37.0 Å². The van der Waals surface area contributed by atoms with Gasteiger partial charge in [0.05, 0.1) is 16.3 Å². The topological polar surface area (TPSA) is 63.4 Å². The maximum atomic E-state index is 11.5. The van der Waals surface area contributed by atoms with Gasteiger partial charge in [0.15, 0.2) is 9.84 Å². The molecule has 1 aliphatic rings. The third kappa shape index (κ3) is 2.86. The van der Waals surface area contributed by atoms with E-state index in [2.05, 4.69) is 18.7 Å². The average Bonchev–Trinajstić information content (AvgIpc) is 2.76. The van der Waals surface area contributed by atoms with E-state index in [4.69, 9.17) is 5.73 Å². The van der Waals surface area contributed by atoms with Crippen molar-refractivity contribution in [3.8, 4) is 0 Å². The van der Waals surface area contributed by atoms with Gasteiger partial charge in [-0.25, -0.2) is 8.42 Å². The Bertz CT molecular complexity index is 567. The Morgan fingerprint density at radius 3 is 2.58 bits per heavy atom. The number of benzene rings is 1. The summed E-state index contributed by atoms with van der Waals surface area (Å²) in [5.74, 6) is 0.566. The number of nitrogens with zero attached hydrogens (tertiary/aromatic N) is 1. The van der Waals surface area contributed by atoms with Crippen molar-refractivity contribution in [1.29, 1.82) is 0 Å². The van der Waals surface area contributed by atoms with E-state index < -0.39 is 9.84 Å². The minimum absolute atomic E-state index is 0.286. The third-order valence-corrected chi connectivity index (χ3v) is 4.92. The Morgan fingerprint density at radius 2 is 2.05 bits per heavy atom. The van der Waals surface area contributed by atoms with E-state index >= 15 is 0 Å². The molecule has 1 aromatic carbocycles. The highest BCUT2D eigenvalue weighted by molar-refractivity contribution is 7.90. The number of sulfone groups is 1. The number of nitrogens with two attached hydrogens (primary N) is 1. The van der Waals surface area contributed by atoms with Crippen molar-refractivity contribution in [1.82, 2.24) is 0 Å². The van der Waals surface area contributed by atoms with Crippen molar-refractivity contribution >= 4 is 21.2 Å². The number of anilines is 2. The predicted molar refractivity (Wildman–Crippen MR) is 79.2 cm³/mol. The van der Waals surface area contributed by atoms with E-state index in [0.29, 0.717) is 17.6 Å². The zero-order chi connectivity index (χ0) is 14.2. The summed E-state index contributed by atoms with van der Waals surface area (Å²) in [6.45, 7) is 5.42. The highest BCUT2D eigenvalue weighted by atomic mass is 32.2. The van der Waals surface area contributed by atoms with Gasteiger partial charge in [-0.2, -0.15) is 0 Å². The SMILES string of the molecule is CC(C)C1CCCN1c1ccc(S(C)(=O)=O)cc1N. The van der Waals surface area contributed by atoms with Gasteiger partial charge >= 0.3 is 0 Å². The molecule has 0 spiro atoms. The smallest absolute Gasteiger partial charge is 0.175 e. The zero-order valence-electron chi connectivity index (χ0n) is 11.8. The number of nitrogen functional groups attached to an aromatic ring is 1. The van der Waals surface area contributed by atoms with E-state index in [9.17, 15) is 8.42 Å². The Kier molecular flexibility index (Phi) is 3.76. The van der Waals surface area contributed by atoms with Crippen LogP contribution in [0.4, 0.5) is 11.4 Å². The average molecular weight is 282 g/mol. The maximum absolute atomic E-state index is 11.5. The van der Waals surface area contributed by atoms with E-state index in [-0.39, 0.29) is 4.90 Å². The van der Waals surface area contributed by atoms with Crippen LogP contribution in [0.1, 0.15) is 26.7 Å². The van der Waals surface area contributed by atoms with E-state index in [1.54, 1.807) is 12.1 Å². The zero-order valence-corrected chi connectivity index (χ0v) is 12.6. The van der Waals surface area contributed by atoms with Crippen LogP contribution in [0, 0.1) is 5.92 Å². The summed E-state index contributed by atoms with van der Waals surface area (Å²) in [5, 5.41) is 0. The Hall–Kier alpha value is -1.23. The number of hydrogen-bond donors (Lipinski definition) is 1. The minimum Gasteiger partial charge on any atom is -0.397 e. The molecule has 1 unspecified atom stereocenters. The molecule has 19 heavy (non-hydrogen) atoms. The molecular weight excluding hydrogens is 260 g/mol. The van der Waals surface area contributed by atoms with Crippen LogP contribution >= 0.6 is 0 Å². The van der Waals surface area contributed by atoms with Crippen molar-refractivity contribution in [2.24, 2.45) is 5.92 Å². The largest absolute Gasteiger partial charge is 0.397 e. The summed E-state index contributed by atoms with van der Waals surface area (Å²) >= 11 is 0. The summed E-state index contributed by atoms with van der Waals surface area (Å²) in [4.78, 5) is 2.60. The fraction of sp³-hybridized carbons (Fsp3) is 0.571. The van der Waals surface area contributed by atoms with Crippen LogP contribution in [0.25, 0.3) is 0 Å². The van der Waals surface area contributed by atoms with Crippen molar-refractivity contribution in [2.75, 3.05) is 23.4 Å². The van der Waals surface area contributed by atoms with Crippen LogP contribution in [0.15, 0.2) is 23.1 Å². The second-order valence-electron chi connectivity index (χ2n) is 5.64. The van der Waals surface area contributed by atoms with Gasteiger partial charge < -0.3 is 10.6 Å². The molecule has 0 aromatic heterocycles. The Labute approximate surface area is 115 Å². The summed E-state index contributed by atoms with van der Waals surface area (Å²) < 4.78 is 23.0. The molecule has 1 aromatic rings. The molecule has 1 aliphatic heterocycles. The standard InChI is InChI=1S/C14H22N2O2S/c1-10(2)13-5-4-8-16(13)14-7-6-11(9-12(14)15)19(3,17)18/h6-7,9-10,13H,4-5,8,15H2,1-3H3. The van der Waals surface area contributed by atoms with Crippen LogP contribution in [-0.4, -0.2) is 27.3 Å². The van der Waals surface area contributed by atoms with E-state index in [1.165, 1.54) is 12.7 Å². The molecule has 1 saturated heterocycles. The van der Waals surface area contributed by atoms with Crippen LogP contribution in [0.2, 0.25) is 0 Å². The molecule has 0 bridgehead atoms. The van der Waals surface area contributed by atoms with Gasteiger partial charge in [-0.3, -0.25) is 0 Å². The van der Waals surface area contributed by atoms with Crippen LogP contribution in [-0.2, 0) is 9.84 Å². The summed E-state index contributed by atoms with van der Waals surface area (Å²) in [5.41, 5.74) is 7.57. The van der Waals surface area contributed by atoms with Gasteiger partial charge in [0, 0.05) is 18.8 Å². The third-order valence-electron chi connectivity index (χ3n) is 3.81. The Morgan fingerprint density at radius 1 is 1.37 bits per heavy atom. The lowest BCUT2D eigenvalue weighted by Gasteiger charge is -2.30. The predicted octanol–water partition coefficient (Wildman–Crippen LogP) is 2.30. The Balaban J connectivity index is 2.36. The van der Waals surface area contributed by atoms with Crippen molar-refractivity contribution in [3.05, 3.63) is 18.2 Å². The monoisotopic (exact) mass is 282 g/mol. The van der Waals surface area contributed by atoms with Crippen molar-refractivity contribution in [2.45, 2.75) is 37.6 Å². The quantitative estimate of drug-likeness (QED) is 0.864. The first-order valence-electron chi connectivity index (χ1n) is 6.67. The maximum Gasteiger partial charge on any atom is 0.175 e. The van der Waals surface area contributed by atoms with E-state index in [1.807, 2.05) is 6.07 Å². The first-order chi connectivity index (χ1) is 8.80. The molecule has 0 amide bonds. The molecule has 4 nitrogen and oxygen atoms in total. The molecule has 0 aliphatic carbocycles. The van der Waals surface area contributed by atoms with Crippen molar-refractivity contribution < 1.29 is 8.42 Å².